The van der Waals surface area contributed by atoms with Crippen LogP contribution in [0.5, 0.6) is 0 Å². The summed E-state index contributed by atoms with van der Waals surface area (Å²) in [7, 11) is 1.27. The van der Waals surface area contributed by atoms with Crippen LogP contribution in [0.3, 0.4) is 0 Å². The summed E-state index contributed by atoms with van der Waals surface area (Å²) in [6, 6.07) is -0.939. The highest BCUT2D eigenvalue weighted by atomic mass is 32.2. The number of thiazole rings is 1. The highest BCUT2D eigenvalue weighted by molar-refractivity contribution is 8.03. The van der Waals surface area contributed by atoms with Crippen molar-refractivity contribution in [1.82, 2.24) is 25.4 Å². The maximum atomic E-state index is 13.0. The van der Waals surface area contributed by atoms with Crippen molar-refractivity contribution in [3.8, 4) is 0 Å². The lowest BCUT2D eigenvalue weighted by Crippen LogP contribution is -2.71. The molecule has 20 heteroatoms. The Hall–Kier alpha value is -3.07. The minimum absolute atomic E-state index is 0.0273. The third kappa shape index (κ3) is 6.75. The number of carbonyl (C=O) groups is 3. The number of hydrogen-bond acceptors (Lipinski definition) is 15. The normalized spacial score (nSPS) is 18.8. The summed E-state index contributed by atoms with van der Waals surface area (Å²) in [6.45, 7) is 0.452. The van der Waals surface area contributed by atoms with Crippen molar-refractivity contribution in [1.29, 1.82) is 0 Å². The van der Waals surface area contributed by atoms with E-state index in [0.717, 1.165) is 15.7 Å². The standard InChI is InChI=1S/C19H22N10O5S5/c1-34-28-9(8-6-37-17(22)24-8)12(30)25-10-13(31)29-11(15(32)33)7(4-36-14(10)29)5-38-19-27-26-18(39-19)35-3-2-23-16(20)21/h6,10,14H,2-5H2,1H3,(H2,22,24)(H,25,30)(H,32,33)(H4,20,21,23)/b28-9-/t10-,14+/m1/s1. The molecule has 15 nitrogen and oxygen atoms in total. The van der Waals surface area contributed by atoms with E-state index in [1.54, 1.807) is 5.38 Å². The molecule has 0 spiro atoms. The van der Waals surface area contributed by atoms with Crippen molar-refractivity contribution >= 4 is 92.5 Å². The fraction of sp³-hybridized carbons (Fsp3) is 0.368. The zero-order valence-corrected chi connectivity index (χ0v) is 24.2. The Labute approximate surface area is 242 Å². The maximum absolute atomic E-state index is 13.0. The van der Waals surface area contributed by atoms with Gasteiger partial charge in [-0.15, -0.1) is 33.3 Å². The Morgan fingerprint density at radius 1 is 1.31 bits per heavy atom. The third-order valence-electron chi connectivity index (χ3n) is 5.07. The molecule has 0 unspecified atom stereocenters. The predicted octanol–water partition coefficient (Wildman–Crippen LogP) is -0.176. The van der Waals surface area contributed by atoms with Gasteiger partial charge in [-0.05, 0) is 5.57 Å². The largest absolute Gasteiger partial charge is 0.477 e. The molecule has 0 aliphatic carbocycles. The van der Waals surface area contributed by atoms with Crippen LogP contribution in [0.2, 0.25) is 0 Å². The van der Waals surface area contributed by atoms with Gasteiger partial charge in [-0.25, -0.2) is 9.78 Å². The summed E-state index contributed by atoms with van der Waals surface area (Å²) in [6.07, 6.45) is 0. The van der Waals surface area contributed by atoms with Crippen LogP contribution in [-0.2, 0) is 19.2 Å². The van der Waals surface area contributed by atoms with E-state index in [1.165, 1.54) is 58.6 Å². The molecular weight excluding hydrogens is 609 g/mol. The lowest BCUT2D eigenvalue weighted by atomic mass is 10.0. The summed E-state index contributed by atoms with van der Waals surface area (Å²) in [5.41, 5.74) is 16.8. The van der Waals surface area contributed by atoms with E-state index in [1.807, 2.05) is 0 Å². The lowest BCUT2D eigenvalue weighted by Gasteiger charge is -2.49. The fourth-order valence-corrected chi connectivity index (χ4v) is 8.42. The van der Waals surface area contributed by atoms with Crippen LogP contribution in [0.25, 0.3) is 0 Å². The van der Waals surface area contributed by atoms with Gasteiger partial charge in [-0.1, -0.05) is 40.0 Å². The average molecular weight is 631 g/mol. The van der Waals surface area contributed by atoms with Crippen LogP contribution in [0, 0.1) is 0 Å². The number of carboxylic acid groups (broad SMARTS) is 1. The number of anilines is 1. The molecule has 2 atom stereocenters. The predicted molar refractivity (Wildman–Crippen MR) is 152 cm³/mol. The number of carbonyl (C=O) groups excluding carboxylic acids is 2. The first-order chi connectivity index (χ1) is 18.7. The molecule has 0 radical (unpaired) electrons. The Kier molecular flexibility index (Phi) is 9.53. The highest BCUT2D eigenvalue weighted by Crippen LogP contribution is 2.42. The smallest absolute Gasteiger partial charge is 0.352 e. The number of nitrogen functional groups attached to an aromatic ring is 1. The van der Waals surface area contributed by atoms with Crippen molar-refractivity contribution in [2.75, 3.05) is 36.6 Å². The number of oxime groups is 1. The molecule has 2 aromatic heterocycles. The van der Waals surface area contributed by atoms with Gasteiger partial charge in [-0.2, -0.15) is 0 Å². The Morgan fingerprint density at radius 3 is 2.69 bits per heavy atom. The van der Waals surface area contributed by atoms with Crippen LogP contribution >= 0.6 is 58.0 Å². The van der Waals surface area contributed by atoms with E-state index >= 15 is 0 Å². The van der Waals surface area contributed by atoms with Gasteiger partial charge >= 0.3 is 5.97 Å². The first-order valence-electron chi connectivity index (χ1n) is 10.9. The van der Waals surface area contributed by atoms with Crippen LogP contribution in [0.1, 0.15) is 5.69 Å². The van der Waals surface area contributed by atoms with E-state index in [0.29, 0.717) is 33.7 Å². The number of thioether (sulfide) groups is 3. The number of amides is 2. The van der Waals surface area contributed by atoms with Gasteiger partial charge in [0.05, 0.1) is 6.54 Å². The second kappa shape index (κ2) is 12.9. The Bertz CT molecular complexity index is 1350. The SMILES string of the molecule is CO/N=C(\C(=O)N[C@@H]1C(=O)N2C(C(=O)O)=C(CSc3nnc(SCCN=C(N)N)s3)CS[C@@H]12)c1csc(N)n1. The van der Waals surface area contributed by atoms with Crippen molar-refractivity contribution in [3.63, 3.8) is 0 Å². The number of aliphatic carboxylic acids is 1. The minimum atomic E-state index is -1.22. The summed E-state index contributed by atoms with van der Waals surface area (Å²) in [4.78, 5) is 51.9. The summed E-state index contributed by atoms with van der Waals surface area (Å²) in [5.74, 6) is -1.12. The zero-order valence-electron chi connectivity index (χ0n) is 20.1. The number of aromatic nitrogens is 3. The molecule has 39 heavy (non-hydrogen) atoms. The first-order valence-corrected chi connectivity index (χ1v) is 15.6. The maximum Gasteiger partial charge on any atom is 0.352 e. The van der Waals surface area contributed by atoms with Crippen LogP contribution in [-0.4, -0.2) is 97.0 Å². The molecule has 2 aliphatic heterocycles. The van der Waals surface area contributed by atoms with Gasteiger partial charge in [-0.3, -0.25) is 19.5 Å². The van der Waals surface area contributed by atoms with Gasteiger partial charge < -0.3 is 32.5 Å². The molecule has 0 saturated carbocycles. The number of fused-ring (bicyclic) bond motifs is 1. The van der Waals surface area contributed by atoms with Gasteiger partial charge in [0.25, 0.3) is 11.8 Å². The van der Waals surface area contributed by atoms with Crippen molar-refractivity contribution in [3.05, 3.63) is 22.3 Å². The number of nitrogens with one attached hydrogen (secondary N) is 1. The van der Waals surface area contributed by atoms with Crippen LogP contribution in [0.4, 0.5) is 5.13 Å². The van der Waals surface area contributed by atoms with Crippen molar-refractivity contribution in [2.24, 2.45) is 21.6 Å². The molecule has 1 fully saturated rings. The van der Waals surface area contributed by atoms with E-state index in [-0.39, 0.29) is 28.2 Å². The van der Waals surface area contributed by atoms with Crippen LogP contribution in [0.15, 0.2) is 35.5 Å². The molecule has 208 valence electrons. The van der Waals surface area contributed by atoms with Gasteiger partial charge in [0, 0.05) is 22.6 Å². The van der Waals surface area contributed by atoms with E-state index in [2.05, 4.69) is 30.6 Å². The molecule has 2 aliphatic rings. The Morgan fingerprint density at radius 2 is 2.05 bits per heavy atom. The second-order valence-corrected chi connectivity index (χ2v) is 13.1. The molecule has 4 rings (SSSR count). The molecule has 0 aromatic carbocycles. The number of aliphatic imine (C=N–C) groups is 1. The number of rotatable bonds is 12. The monoisotopic (exact) mass is 630 g/mol. The second-order valence-electron chi connectivity index (χ2n) is 7.59. The molecule has 8 N–H and O–H groups in total. The lowest BCUT2D eigenvalue weighted by molar-refractivity contribution is -0.150. The minimum Gasteiger partial charge on any atom is -0.477 e. The summed E-state index contributed by atoms with van der Waals surface area (Å²) in [5, 5.41) is 25.7. The van der Waals surface area contributed by atoms with Crippen molar-refractivity contribution in [2.45, 2.75) is 20.1 Å². The highest BCUT2D eigenvalue weighted by Gasteiger charge is 2.54. The van der Waals surface area contributed by atoms with Gasteiger partial charge in [0.15, 0.2) is 25.5 Å². The number of nitrogens with zero attached hydrogens (tertiary/aromatic N) is 6. The number of nitrogens with two attached hydrogens (primary N) is 3. The van der Waals surface area contributed by atoms with E-state index in [9.17, 15) is 19.5 Å². The quantitative estimate of drug-likeness (QED) is 0.0511. The topological polar surface area (TPSA) is 237 Å². The molecule has 2 aromatic rings. The fourth-order valence-electron chi connectivity index (χ4n) is 3.47. The number of guanidine groups is 1. The molecule has 2 amide bonds. The summed E-state index contributed by atoms with van der Waals surface area (Å²) < 4.78 is 1.40. The number of β-lactam (4-membered cyclic amide) rings is 1. The summed E-state index contributed by atoms with van der Waals surface area (Å²) >= 11 is 6.65. The number of carboxylic acids is 1. The van der Waals surface area contributed by atoms with E-state index in [4.69, 9.17) is 22.0 Å². The van der Waals surface area contributed by atoms with Gasteiger partial charge in [0.2, 0.25) is 0 Å². The average Bonchev–Trinajstić information content (AvgIpc) is 3.54. The van der Waals surface area contributed by atoms with E-state index < -0.39 is 29.2 Å². The first kappa shape index (κ1) is 28.9. The molecule has 4 heterocycles. The molecule has 0 bridgehead atoms. The van der Waals surface area contributed by atoms with Gasteiger partial charge in [0.1, 0.15) is 29.9 Å². The molecular formula is C19H22N10O5S5. The van der Waals surface area contributed by atoms with Crippen LogP contribution < -0.4 is 22.5 Å². The zero-order chi connectivity index (χ0) is 28.1. The number of hydrogen-bond donors (Lipinski definition) is 5. The Balaban J connectivity index is 1.39. The molecule has 1 saturated heterocycles. The van der Waals surface area contributed by atoms with Crippen molar-refractivity contribution < 1.29 is 24.3 Å². The third-order valence-corrected chi connectivity index (χ3v) is 10.3.